The van der Waals surface area contributed by atoms with Crippen LogP contribution in [0.3, 0.4) is 0 Å². The normalized spacial score (nSPS) is 14.0. The van der Waals surface area contributed by atoms with Crippen molar-refractivity contribution in [3.8, 4) is 0 Å². The molecule has 2 rings (SSSR count). The van der Waals surface area contributed by atoms with Gasteiger partial charge in [0.2, 0.25) is 35.3 Å². The number of carbonyl (C=O) groups excluding carboxylic acids is 8. The first kappa shape index (κ1) is 54.2. The minimum Gasteiger partial charge on any atom is -0.481 e. The van der Waals surface area contributed by atoms with Gasteiger partial charge in [0.15, 0.2) is 0 Å². The number of carboxylic acids is 2. The molecule has 0 aliphatic rings. The molecule has 0 aliphatic heterocycles. The van der Waals surface area contributed by atoms with Gasteiger partial charge in [0, 0.05) is 18.9 Å². The van der Waals surface area contributed by atoms with Gasteiger partial charge in [0.25, 0.3) is 11.8 Å². The molecular formula is C44H61N7O14. The predicted molar refractivity (Wildman–Crippen MR) is 233 cm³/mol. The number of rotatable bonds is 26. The van der Waals surface area contributed by atoms with Crippen molar-refractivity contribution in [3.63, 3.8) is 0 Å². The van der Waals surface area contributed by atoms with E-state index in [4.69, 9.17) is 5.73 Å². The number of hydrogen-bond acceptors (Lipinski definition) is 12. The minimum atomic E-state index is -1.82. The molecule has 65 heavy (non-hydrogen) atoms. The molecule has 0 bridgehead atoms. The predicted octanol–water partition coefficient (Wildman–Crippen LogP) is 0.390. The topological polar surface area (TPSA) is 340 Å². The largest absolute Gasteiger partial charge is 0.481 e. The molecule has 356 valence electrons. The van der Waals surface area contributed by atoms with E-state index in [0.29, 0.717) is 24.0 Å². The average molecular weight is 912 g/mol. The summed E-state index contributed by atoms with van der Waals surface area (Å²) in [5.74, 6) is -11.1. The number of carbonyl (C=O) groups is 10. The molecule has 21 nitrogen and oxygen atoms in total. The van der Waals surface area contributed by atoms with Gasteiger partial charge in [0.1, 0.15) is 36.5 Å². The lowest BCUT2D eigenvalue weighted by Crippen LogP contribution is -2.62. The maximum absolute atomic E-state index is 14.4. The fourth-order valence-electron chi connectivity index (χ4n) is 6.46. The van der Waals surface area contributed by atoms with Gasteiger partial charge in [-0.1, -0.05) is 78.6 Å². The lowest BCUT2D eigenvalue weighted by molar-refractivity contribution is -0.140. The molecular weight excluding hydrogens is 851 g/mol. The van der Waals surface area contributed by atoms with Crippen molar-refractivity contribution in [2.75, 3.05) is 0 Å². The number of nitrogens with one attached hydrogen (secondary N) is 6. The molecule has 0 spiro atoms. The zero-order valence-electron chi connectivity index (χ0n) is 37.6. The highest BCUT2D eigenvalue weighted by atomic mass is 16.4. The summed E-state index contributed by atoms with van der Waals surface area (Å²) in [6.45, 7) is 12.1. The monoisotopic (exact) mass is 911 g/mol. The van der Waals surface area contributed by atoms with Crippen LogP contribution in [0.4, 0.5) is 0 Å². The molecule has 7 amide bonds. The third-order valence-corrected chi connectivity index (χ3v) is 10.0. The molecule has 0 aliphatic carbocycles. The molecule has 1 aromatic carbocycles. The van der Waals surface area contributed by atoms with E-state index in [-0.39, 0.29) is 30.7 Å². The Balaban J connectivity index is 2.50. The van der Waals surface area contributed by atoms with Crippen LogP contribution < -0.4 is 43.3 Å². The second kappa shape index (κ2) is 25.4. The van der Waals surface area contributed by atoms with E-state index in [1.54, 1.807) is 65.8 Å². The van der Waals surface area contributed by atoms with Gasteiger partial charge in [-0.15, -0.1) is 0 Å². The van der Waals surface area contributed by atoms with Gasteiger partial charge in [-0.05, 0) is 54.7 Å². The van der Waals surface area contributed by atoms with E-state index in [1.165, 1.54) is 0 Å². The molecule has 0 radical (unpaired) electrons. The molecule has 1 unspecified atom stereocenters. The molecule has 0 fully saturated rings. The van der Waals surface area contributed by atoms with Crippen molar-refractivity contribution in [2.45, 2.75) is 136 Å². The van der Waals surface area contributed by atoms with Crippen LogP contribution in [0.2, 0.25) is 0 Å². The Morgan fingerprint density at radius 3 is 1.80 bits per heavy atom. The highest BCUT2D eigenvalue weighted by molar-refractivity contribution is 6.37. The van der Waals surface area contributed by atoms with Gasteiger partial charge in [0.05, 0.1) is 18.0 Å². The lowest BCUT2D eigenvalue weighted by atomic mass is 9.85. The van der Waals surface area contributed by atoms with Crippen molar-refractivity contribution in [1.29, 1.82) is 0 Å². The van der Waals surface area contributed by atoms with Gasteiger partial charge in [-0.2, -0.15) is 0 Å². The molecule has 1 heterocycles. The highest BCUT2D eigenvalue weighted by Crippen LogP contribution is 2.21. The van der Waals surface area contributed by atoms with Crippen LogP contribution in [0.15, 0.2) is 51.9 Å². The summed E-state index contributed by atoms with van der Waals surface area (Å²) in [7, 11) is 0. The standard InChI is InChI=1S/C44H61N7O14/c1-8-9-14-27(35(57)37(45)58)46-40(61)29(19-23(2)3)50-43(64)36(44(5,6)7)51-42(63)30(20-25-13-11-10-12-24(25)4)49-39(60)28(16-17-32(52)53)47-41(62)31(21-33(54)55)48-38(59)26-15-18-34(56)65-22-26/h10-13,15,18,22-23,27-31,36H,8-9,14,16-17,19-21H2,1-7H3,(H2,45,58)(H,46,61)(H,47,62)(H,48,59)(H,49,60)(H,50,64)(H,51,63)(H,52,53)(H,54,55)/t27?,28-,29-,30-,31-,36+/m0/s1. The number of nitrogens with two attached hydrogens (primary N) is 1. The zero-order chi connectivity index (χ0) is 49.2. The van der Waals surface area contributed by atoms with Crippen LogP contribution in [0.1, 0.15) is 108 Å². The molecule has 1 aromatic heterocycles. The average Bonchev–Trinajstić information content (AvgIpc) is 3.21. The van der Waals surface area contributed by atoms with E-state index < -0.39 is 126 Å². The summed E-state index contributed by atoms with van der Waals surface area (Å²) in [6.07, 6.45) is -0.281. The lowest BCUT2D eigenvalue weighted by Gasteiger charge is -2.34. The number of ketones is 1. The molecule has 21 heteroatoms. The second-order valence-electron chi connectivity index (χ2n) is 17.1. The fourth-order valence-corrected chi connectivity index (χ4v) is 6.46. The van der Waals surface area contributed by atoms with Crippen molar-refractivity contribution in [3.05, 3.63) is 69.8 Å². The molecule has 6 atom stereocenters. The number of unbranched alkanes of at least 4 members (excludes halogenated alkanes) is 1. The van der Waals surface area contributed by atoms with E-state index in [1.807, 2.05) is 6.92 Å². The number of primary amides is 1. The van der Waals surface area contributed by atoms with Crippen molar-refractivity contribution in [2.24, 2.45) is 17.1 Å². The molecule has 2 aromatic rings. The van der Waals surface area contributed by atoms with Crippen molar-refractivity contribution >= 4 is 59.1 Å². The van der Waals surface area contributed by atoms with E-state index in [9.17, 15) is 63.0 Å². The summed E-state index contributed by atoms with van der Waals surface area (Å²) in [5, 5.41) is 33.9. The highest BCUT2D eigenvalue weighted by Gasteiger charge is 2.39. The van der Waals surface area contributed by atoms with Crippen LogP contribution in [0, 0.1) is 18.3 Å². The number of carboxylic acid groups (broad SMARTS) is 2. The van der Waals surface area contributed by atoms with Crippen LogP contribution >= 0.6 is 0 Å². The zero-order valence-corrected chi connectivity index (χ0v) is 37.6. The second-order valence-corrected chi connectivity index (χ2v) is 17.1. The number of benzene rings is 1. The summed E-state index contributed by atoms with van der Waals surface area (Å²) >= 11 is 0. The summed E-state index contributed by atoms with van der Waals surface area (Å²) < 4.78 is 4.66. The van der Waals surface area contributed by atoms with Crippen LogP contribution in [-0.2, 0) is 49.6 Å². The van der Waals surface area contributed by atoms with Crippen LogP contribution in [-0.4, -0.2) is 106 Å². The van der Waals surface area contributed by atoms with E-state index in [0.717, 1.165) is 18.4 Å². The summed E-state index contributed by atoms with van der Waals surface area (Å²) in [4.78, 5) is 142. The Morgan fingerprint density at radius 1 is 0.692 bits per heavy atom. The first-order valence-electron chi connectivity index (χ1n) is 21.1. The quantitative estimate of drug-likeness (QED) is 0.0577. The summed E-state index contributed by atoms with van der Waals surface area (Å²) in [6, 6.07) is -0.0499. The Morgan fingerprint density at radius 2 is 1.26 bits per heavy atom. The van der Waals surface area contributed by atoms with E-state index in [2.05, 4.69) is 36.3 Å². The number of Topliss-reactive ketones (excluding diaryl/α,β-unsaturated/α-hetero) is 1. The number of amides is 7. The maximum Gasteiger partial charge on any atom is 0.335 e. The Hall–Kier alpha value is -6.93. The molecule has 0 saturated heterocycles. The van der Waals surface area contributed by atoms with Crippen molar-refractivity contribution < 1.29 is 62.6 Å². The number of aryl methyl sites for hydroxylation is 1. The van der Waals surface area contributed by atoms with Gasteiger partial charge in [-0.3, -0.25) is 47.9 Å². The smallest absolute Gasteiger partial charge is 0.335 e. The molecule has 0 saturated carbocycles. The Labute approximate surface area is 375 Å². The third kappa shape index (κ3) is 18.4. The first-order valence-corrected chi connectivity index (χ1v) is 21.1. The van der Waals surface area contributed by atoms with Crippen molar-refractivity contribution in [1.82, 2.24) is 31.9 Å². The third-order valence-electron chi connectivity index (χ3n) is 10.0. The maximum atomic E-state index is 14.4. The Kier molecular flexibility index (Phi) is 21.2. The van der Waals surface area contributed by atoms with E-state index >= 15 is 0 Å². The van der Waals surface area contributed by atoms with Gasteiger partial charge in [-0.25, -0.2) is 4.79 Å². The first-order chi connectivity index (χ1) is 30.3. The minimum absolute atomic E-state index is 0.0877. The molecule has 10 N–H and O–H groups in total. The van der Waals surface area contributed by atoms with Gasteiger partial charge < -0.3 is 52.3 Å². The van der Waals surface area contributed by atoms with Crippen LogP contribution in [0.5, 0.6) is 0 Å². The number of aliphatic carboxylic acids is 2. The fraction of sp³-hybridized carbons (Fsp3) is 0.523. The Bertz CT molecular complexity index is 2110. The SMILES string of the molecule is CCCCC(NC(=O)[C@H](CC(C)C)NC(=O)[C@@H](NC(=O)[C@H](Cc1ccccc1C)NC(=O)[C@H](CCC(=O)O)NC(=O)[C@H](CC(=O)O)NC(=O)c1ccc(=O)oc1)C(C)(C)C)C(=O)C(N)=O. The van der Waals surface area contributed by atoms with Crippen LogP contribution in [0.25, 0.3) is 0 Å². The summed E-state index contributed by atoms with van der Waals surface area (Å²) in [5.41, 5.74) is 4.44. The number of hydrogen-bond donors (Lipinski definition) is 9. The van der Waals surface area contributed by atoms with Gasteiger partial charge >= 0.3 is 17.6 Å².